The largest absolute Gasteiger partial charge is 0.462 e. The quantitative estimate of drug-likeness (QED) is 0.418. The van der Waals surface area contributed by atoms with Crippen LogP contribution in [0.25, 0.3) is 0 Å². The summed E-state index contributed by atoms with van der Waals surface area (Å²) in [5.74, 6) is -0.221. The Labute approximate surface area is 123 Å². The summed E-state index contributed by atoms with van der Waals surface area (Å²) in [5.41, 5.74) is 3.11. The lowest BCUT2D eigenvalue weighted by Gasteiger charge is -2.03. The van der Waals surface area contributed by atoms with Gasteiger partial charge in [-0.15, -0.1) is 0 Å². The van der Waals surface area contributed by atoms with Gasteiger partial charge in [0.05, 0.1) is 0 Å². The number of nitrogens with one attached hydrogen (secondary N) is 1. The van der Waals surface area contributed by atoms with E-state index in [1.807, 2.05) is 6.08 Å². The lowest BCUT2D eigenvalue weighted by atomic mass is 10.0. The minimum Gasteiger partial charge on any atom is -0.462 e. The van der Waals surface area contributed by atoms with Crippen LogP contribution in [-0.2, 0) is 9.53 Å². The van der Waals surface area contributed by atoms with Crippen LogP contribution in [0.5, 0.6) is 0 Å². The van der Waals surface area contributed by atoms with Crippen LogP contribution in [0, 0.1) is 0 Å². The molecule has 0 bridgehead atoms. The second kappa shape index (κ2) is 7.63. The molecule has 20 heavy (non-hydrogen) atoms. The first-order chi connectivity index (χ1) is 9.31. The average molecular weight is 279 g/mol. The van der Waals surface area contributed by atoms with Gasteiger partial charge in [0.15, 0.2) is 0 Å². The van der Waals surface area contributed by atoms with Gasteiger partial charge >= 0.3 is 5.97 Å². The molecule has 0 saturated carbocycles. The number of hydrogen-bond donors (Lipinski definition) is 1. The van der Waals surface area contributed by atoms with Crippen molar-refractivity contribution in [3.63, 3.8) is 0 Å². The van der Waals surface area contributed by atoms with Gasteiger partial charge in [-0.25, -0.2) is 0 Å². The van der Waals surface area contributed by atoms with E-state index in [1.54, 1.807) is 0 Å². The van der Waals surface area contributed by atoms with Crippen molar-refractivity contribution >= 4 is 5.97 Å². The fourth-order valence-corrected chi connectivity index (χ4v) is 2.26. The van der Waals surface area contributed by atoms with Crippen LogP contribution in [0.2, 0.25) is 0 Å². The summed E-state index contributed by atoms with van der Waals surface area (Å²) in [6, 6.07) is 0.691. The molecule has 0 aromatic rings. The third kappa shape index (κ3) is 6.90. The number of carbonyl (C=O) groups excluding carboxylic acids is 1. The Bertz CT molecular complexity index is 394. The second-order valence-corrected chi connectivity index (χ2v) is 6.40. The van der Waals surface area contributed by atoms with E-state index in [0.717, 1.165) is 12.8 Å². The molecule has 1 N–H and O–H groups in total. The smallest absolute Gasteiger partial charge is 0.302 e. The predicted molar refractivity (Wildman–Crippen MR) is 83.6 cm³/mol. The van der Waals surface area contributed by atoms with Gasteiger partial charge in [-0.1, -0.05) is 17.2 Å². The van der Waals surface area contributed by atoms with Gasteiger partial charge in [0.25, 0.3) is 0 Å². The van der Waals surface area contributed by atoms with Gasteiger partial charge in [0.1, 0.15) is 6.61 Å². The number of esters is 1. The van der Waals surface area contributed by atoms with E-state index in [4.69, 9.17) is 4.74 Å². The minimum atomic E-state index is -0.221. The highest BCUT2D eigenvalue weighted by atomic mass is 16.5. The molecule has 0 radical (unpaired) electrons. The molecular weight excluding hydrogens is 250 g/mol. The first-order valence-electron chi connectivity index (χ1n) is 7.53. The zero-order valence-corrected chi connectivity index (χ0v) is 13.6. The van der Waals surface area contributed by atoms with E-state index in [0.29, 0.717) is 18.2 Å². The normalized spacial score (nSPS) is 21.8. The number of carbonyl (C=O) groups is 1. The molecular formula is C17H29NO2. The lowest BCUT2D eigenvalue weighted by molar-refractivity contribution is -0.139. The molecule has 1 unspecified atom stereocenters. The summed E-state index contributed by atoms with van der Waals surface area (Å²) in [6.45, 7) is 10.6. The molecule has 1 heterocycles. The Morgan fingerprint density at radius 1 is 1.15 bits per heavy atom. The standard InChI is InChI=1S/C17H29NO2/c1-13(9-10-16-17(4,5)18-16)7-6-8-14(2)11-12-20-15(3)19/h7,11,16,18H,6,8-10,12H2,1-5H3/b13-7+,14-11+. The van der Waals surface area contributed by atoms with E-state index in [2.05, 4.69) is 39.1 Å². The molecule has 0 amide bonds. The Hall–Kier alpha value is -1.09. The van der Waals surface area contributed by atoms with Crippen molar-refractivity contribution in [2.24, 2.45) is 0 Å². The maximum Gasteiger partial charge on any atom is 0.302 e. The second-order valence-electron chi connectivity index (χ2n) is 6.40. The van der Waals surface area contributed by atoms with Crippen molar-refractivity contribution < 1.29 is 9.53 Å². The molecule has 0 aliphatic carbocycles. The number of ether oxygens (including phenoxy) is 1. The molecule has 0 spiro atoms. The van der Waals surface area contributed by atoms with Crippen LogP contribution in [0.1, 0.15) is 60.3 Å². The van der Waals surface area contributed by atoms with Crippen LogP contribution >= 0.6 is 0 Å². The monoisotopic (exact) mass is 279 g/mol. The third-order valence-corrected chi connectivity index (χ3v) is 3.91. The Morgan fingerprint density at radius 3 is 2.30 bits per heavy atom. The maximum atomic E-state index is 10.6. The molecule has 3 nitrogen and oxygen atoms in total. The molecule has 0 aromatic heterocycles. The van der Waals surface area contributed by atoms with Crippen LogP contribution in [0.3, 0.4) is 0 Å². The fraction of sp³-hybridized carbons (Fsp3) is 0.706. The SMILES string of the molecule is CC(=O)OC/C=C(\C)CC/C=C(\C)CCC1NC1(C)C. The first-order valence-corrected chi connectivity index (χ1v) is 7.53. The summed E-state index contributed by atoms with van der Waals surface area (Å²) in [4.78, 5) is 10.6. The van der Waals surface area contributed by atoms with Gasteiger partial charge in [-0.3, -0.25) is 4.79 Å². The van der Waals surface area contributed by atoms with Crippen LogP contribution < -0.4 is 5.32 Å². The molecule has 1 fully saturated rings. The van der Waals surface area contributed by atoms with Crippen molar-refractivity contribution in [1.82, 2.24) is 5.32 Å². The number of hydrogen-bond acceptors (Lipinski definition) is 3. The summed E-state index contributed by atoms with van der Waals surface area (Å²) < 4.78 is 4.89. The van der Waals surface area contributed by atoms with Gasteiger partial charge in [-0.2, -0.15) is 0 Å². The maximum absolute atomic E-state index is 10.6. The van der Waals surface area contributed by atoms with Gasteiger partial charge < -0.3 is 10.1 Å². The zero-order chi connectivity index (χ0) is 15.2. The fourth-order valence-electron chi connectivity index (χ4n) is 2.26. The highest BCUT2D eigenvalue weighted by molar-refractivity contribution is 5.66. The van der Waals surface area contributed by atoms with E-state index in [1.165, 1.54) is 30.9 Å². The van der Waals surface area contributed by atoms with Crippen molar-refractivity contribution in [1.29, 1.82) is 0 Å². The van der Waals surface area contributed by atoms with Gasteiger partial charge in [0.2, 0.25) is 0 Å². The van der Waals surface area contributed by atoms with Crippen LogP contribution in [0.15, 0.2) is 23.3 Å². The minimum absolute atomic E-state index is 0.221. The highest BCUT2D eigenvalue weighted by Crippen LogP contribution is 2.29. The first kappa shape index (κ1) is 17.0. The molecule has 114 valence electrons. The van der Waals surface area contributed by atoms with Crippen LogP contribution in [-0.4, -0.2) is 24.2 Å². The van der Waals surface area contributed by atoms with E-state index in [-0.39, 0.29) is 5.97 Å². The Morgan fingerprint density at radius 2 is 1.75 bits per heavy atom. The number of allylic oxidation sites excluding steroid dienone is 3. The van der Waals surface area contributed by atoms with E-state index < -0.39 is 0 Å². The molecule has 1 saturated heterocycles. The average Bonchev–Trinajstić information content (AvgIpc) is 2.94. The third-order valence-electron chi connectivity index (χ3n) is 3.91. The molecule has 1 aliphatic heterocycles. The lowest BCUT2D eigenvalue weighted by Crippen LogP contribution is -2.03. The predicted octanol–water partition coefficient (Wildman–Crippen LogP) is 3.75. The van der Waals surface area contributed by atoms with Crippen molar-refractivity contribution in [2.45, 2.75) is 71.9 Å². The Kier molecular flexibility index (Phi) is 6.47. The summed E-state index contributed by atoms with van der Waals surface area (Å²) in [5, 5.41) is 3.49. The summed E-state index contributed by atoms with van der Waals surface area (Å²) >= 11 is 0. The number of rotatable bonds is 8. The molecule has 3 heteroatoms. The summed E-state index contributed by atoms with van der Waals surface area (Å²) in [7, 11) is 0. The molecule has 1 atom stereocenters. The van der Waals surface area contributed by atoms with Crippen molar-refractivity contribution in [3.05, 3.63) is 23.3 Å². The summed E-state index contributed by atoms with van der Waals surface area (Å²) in [6.07, 6.45) is 8.83. The van der Waals surface area contributed by atoms with E-state index >= 15 is 0 Å². The van der Waals surface area contributed by atoms with E-state index in [9.17, 15) is 4.79 Å². The van der Waals surface area contributed by atoms with Gasteiger partial charge in [-0.05, 0) is 59.5 Å². The van der Waals surface area contributed by atoms with Crippen LogP contribution in [0.4, 0.5) is 0 Å². The van der Waals surface area contributed by atoms with Crippen molar-refractivity contribution in [2.75, 3.05) is 6.61 Å². The van der Waals surface area contributed by atoms with Gasteiger partial charge in [0, 0.05) is 18.5 Å². The highest BCUT2D eigenvalue weighted by Gasteiger charge is 2.43. The Balaban J connectivity index is 2.14. The molecule has 1 rings (SSSR count). The van der Waals surface area contributed by atoms with Crippen molar-refractivity contribution in [3.8, 4) is 0 Å². The zero-order valence-electron chi connectivity index (χ0n) is 13.6. The molecule has 1 aliphatic rings. The molecule has 0 aromatic carbocycles. The topological polar surface area (TPSA) is 48.2 Å².